The van der Waals surface area contributed by atoms with E-state index in [-0.39, 0.29) is 5.41 Å². The van der Waals surface area contributed by atoms with Crippen LogP contribution in [0.25, 0.3) is 0 Å². The van der Waals surface area contributed by atoms with Crippen molar-refractivity contribution in [2.24, 2.45) is 22.1 Å². The van der Waals surface area contributed by atoms with E-state index in [0.717, 1.165) is 36.5 Å². The normalized spacial score (nSPS) is 16.0. The Balaban J connectivity index is 1.96. The minimum atomic E-state index is -0.0145. The van der Waals surface area contributed by atoms with Gasteiger partial charge in [0.25, 0.3) is 0 Å². The van der Waals surface area contributed by atoms with Crippen molar-refractivity contribution in [2.45, 2.75) is 79.2 Å². The van der Waals surface area contributed by atoms with E-state index in [9.17, 15) is 0 Å². The number of aliphatic imine (C=N–C) groups is 1. The predicted octanol–water partition coefficient (Wildman–Crippen LogP) is 5.52. The molecule has 0 aliphatic heterocycles. The Morgan fingerprint density at radius 3 is 2.43 bits per heavy atom. The van der Waals surface area contributed by atoms with E-state index < -0.39 is 0 Å². The van der Waals surface area contributed by atoms with Crippen molar-refractivity contribution in [2.75, 3.05) is 31.6 Å². The predicted molar refractivity (Wildman–Crippen MR) is 129 cm³/mol. The molecule has 0 aromatic heterocycles. The number of ether oxygens (including phenoxy) is 1. The highest BCUT2D eigenvalue weighted by Crippen LogP contribution is 2.26. The molecule has 170 valence electrons. The van der Waals surface area contributed by atoms with Crippen molar-refractivity contribution in [3.63, 3.8) is 0 Å². The minimum absolute atomic E-state index is 0.0145. The fourth-order valence-electron chi connectivity index (χ4n) is 3.90. The molecule has 5 nitrogen and oxygen atoms in total. The largest absolute Gasteiger partial charge is 0.494 e. The van der Waals surface area contributed by atoms with Gasteiger partial charge < -0.3 is 20.7 Å². The summed E-state index contributed by atoms with van der Waals surface area (Å²) in [5.74, 6) is 2.70. The summed E-state index contributed by atoms with van der Waals surface area (Å²) in [4.78, 5) is 7.18. The average Bonchev–Trinajstić information content (AvgIpc) is 2.74. The van der Waals surface area contributed by atoms with Gasteiger partial charge >= 0.3 is 0 Å². The summed E-state index contributed by atoms with van der Waals surface area (Å²) in [5, 5.41) is 3.52. The highest BCUT2D eigenvalue weighted by molar-refractivity contribution is 5.93. The van der Waals surface area contributed by atoms with E-state index in [1.54, 1.807) is 0 Å². The Kier molecular flexibility index (Phi) is 9.96. The van der Waals surface area contributed by atoms with Crippen LogP contribution in [0.2, 0.25) is 0 Å². The third-order valence-electron chi connectivity index (χ3n) is 6.08. The molecule has 1 saturated carbocycles. The van der Waals surface area contributed by atoms with Crippen LogP contribution >= 0.6 is 0 Å². The maximum Gasteiger partial charge on any atom is 0.198 e. The Bertz CT molecular complexity index is 633. The third kappa shape index (κ3) is 8.17. The number of anilines is 1. The Hall–Kier alpha value is -1.75. The van der Waals surface area contributed by atoms with Gasteiger partial charge in [-0.3, -0.25) is 4.99 Å². The Morgan fingerprint density at radius 1 is 1.20 bits per heavy atom. The van der Waals surface area contributed by atoms with Crippen molar-refractivity contribution < 1.29 is 4.74 Å². The number of hydrogen-bond acceptors (Lipinski definition) is 3. The SMILES string of the molecule is CCN(C(=NCC(C)(C)CN)Nc1ccc(OCCC2CCCCC2)cc1)C(C)C. The molecule has 1 aliphatic carbocycles. The van der Waals surface area contributed by atoms with Gasteiger partial charge in [0.2, 0.25) is 0 Å². The molecule has 5 heteroatoms. The quantitative estimate of drug-likeness (QED) is 0.389. The minimum Gasteiger partial charge on any atom is -0.494 e. The third-order valence-corrected chi connectivity index (χ3v) is 6.08. The Labute approximate surface area is 184 Å². The fraction of sp³-hybridized carbons (Fsp3) is 0.720. The second-order valence-corrected chi connectivity index (χ2v) is 9.68. The van der Waals surface area contributed by atoms with Gasteiger partial charge in [0.1, 0.15) is 5.75 Å². The second kappa shape index (κ2) is 12.2. The van der Waals surface area contributed by atoms with E-state index >= 15 is 0 Å². The molecule has 0 spiro atoms. The maximum absolute atomic E-state index is 6.00. The molecule has 0 bridgehead atoms. The lowest BCUT2D eigenvalue weighted by Gasteiger charge is -2.30. The summed E-state index contributed by atoms with van der Waals surface area (Å²) < 4.78 is 6.00. The zero-order chi connectivity index (χ0) is 22.0. The van der Waals surface area contributed by atoms with Gasteiger partial charge in [0, 0.05) is 24.8 Å². The first-order chi connectivity index (χ1) is 14.3. The summed E-state index contributed by atoms with van der Waals surface area (Å²) in [6, 6.07) is 8.62. The topological polar surface area (TPSA) is 62.9 Å². The van der Waals surface area contributed by atoms with Gasteiger partial charge in [-0.1, -0.05) is 46.0 Å². The molecule has 0 unspecified atom stereocenters. The molecule has 0 radical (unpaired) electrons. The summed E-state index contributed by atoms with van der Waals surface area (Å²) >= 11 is 0. The lowest BCUT2D eigenvalue weighted by molar-refractivity contribution is 0.246. The summed E-state index contributed by atoms with van der Waals surface area (Å²) in [6.45, 7) is 13.9. The van der Waals surface area contributed by atoms with Crippen molar-refractivity contribution in [3.05, 3.63) is 24.3 Å². The number of rotatable bonds is 10. The fourth-order valence-corrected chi connectivity index (χ4v) is 3.90. The molecule has 1 fully saturated rings. The van der Waals surface area contributed by atoms with Crippen molar-refractivity contribution in [1.82, 2.24) is 4.90 Å². The smallest absolute Gasteiger partial charge is 0.198 e. The lowest BCUT2D eigenvalue weighted by atomic mass is 9.87. The van der Waals surface area contributed by atoms with Crippen LogP contribution in [-0.2, 0) is 0 Å². The van der Waals surface area contributed by atoms with E-state index in [2.05, 4.69) is 69.1 Å². The molecule has 0 atom stereocenters. The van der Waals surface area contributed by atoms with Crippen LogP contribution in [0.1, 0.15) is 73.1 Å². The van der Waals surface area contributed by atoms with Crippen LogP contribution in [0.3, 0.4) is 0 Å². The molecule has 0 amide bonds. The zero-order valence-electron chi connectivity index (χ0n) is 19.9. The molecular weight excluding hydrogens is 372 g/mol. The summed E-state index contributed by atoms with van der Waals surface area (Å²) in [6.07, 6.45) is 8.11. The van der Waals surface area contributed by atoms with Crippen molar-refractivity contribution in [3.8, 4) is 5.75 Å². The molecule has 1 aromatic rings. The van der Waals surface area contributed by atoms with E-state index in [0.29, 0.717) is 19.1 Å². The molecule has 3 N–H and O–H groups in total. The van der Waals surface area contributed by atoms with Crippen LogP contribution < -0.4 is 15.8 Å². The first-order valence-electron chi connectivity index (χ1n) is 11.9. The molecule has 0 heterocycles. The van der Waals surface area contributed by atoms with Crippen LogP contribution in [-0.4, -0.2) is 43.1 Å². The van der Waals surface area contributed by atoms with Crippen molar-refractivity contribution in [1.29, 1.82) is 0 Å². The first kappa shape index (κ1) is 24.5. The monoisotopic (exact) mass is 416 g/mol. The number of hydrogen-bond donors (Lipinski definition) is 2. The molecule has 30 heavy (non-hydrogen) atoms. The Morgan fingerprint density at radius 2 is 1.87 bits per heavy atom. The van der Waals surface area contributed by atoms with E-state index in [1.807, 2.05) is 0 Å². The van der Waals surface area contributed by atoms with Crippen LogP contribution in [0.15, 0.2) is 29.3 Å². The number of guanidine groups is 1. The van der Waals surface area contributed by atoms with Crippen LogP contribution in [0, 0.1) is 11.3 Å². The standard InChI is InChI=1S/C25H44N4O/c1-6-29(20(2)3)24(27-19-25(4,5)18-26)28-22-12-14-23(15-13-22)30-17-16-21-10-8-7-9-11-21/h12-15,20-21H,6-11,16-19,26H2,1-5H3,(H,27,28). The highest BCUT2D eigenvalue weighted by Gasteiger charge is 2.18. The number of benzene rings is 1. The highest BCUT2D eigenvalue weighted by atomic mass is 16.5. The van der Waals surface area contributed by atoms with Crippen LogP contribution in [0.4, 0.5) is 5.69 Å². The number of nitrogens with zero attached hydrogens (tertiary/aromatic N) is 2. The molecule has 0 saturated heterocycles. The molecule has 1 aliphatic rings. The second-order valence-electron chi connectivity index (χ2n) is 9.68. The first-order valence-corrected chi connectivity index (χ1v) is 11.9. The van der Waals surface area contributed by atoms with Crippen LogP contribution in [0.5, 0.6) is 5.75 Å². The summed E-state index contributed by atoms with van der Waals surface area (Å²) in [5.41, 5.74) is 6.91. The number of nitrogens with two attached hydrogens (primary N) is 1. The lowest BCUT2D eigenvalue weighted by Crippen LogP contribution is -2.42. The molecular formula is C25H44N4O. The van der Waals surface area contributed by atoms with E-state index in [4.69, 9.17) is 15.5 Å². The average molecular weight is 417 g/mol. The van der Waals surface area contributed by atoms with Gasteiger partial charge in [-0.25, -0.2) is 0 Å². The van der Waals surface area contributed by atoms with E-state index in [1.165, 1.54) is 38.5 Å². The van der Waals surface area contributed by atoms with Crippen molar-refractivity contribution >= 4 is 11.6 Å². The van der Waals surface area contributed by atoms with Gasteiger partial charge in [-0.05, 0) is 69.3 Å². The maximum atomic E-state index is 6.00. The summed E-state index contributed by atoms with van der Waals surface area (Å²) in [7, 11) is 0. The van der Waals surface area contributed by atoms with Gasteiger partial charge in [-0.2, -0.15) is 0 Å². The van der Waals surface area contributed by atoms with Gasteiger partial charge in [-0.15, -0.1) is 0 Å². The number of nitrogens with one attached hydrogen (secondary N) is 1. The molecule has 1 aromatic carbocycles. The van der Waals surface area contributed by atoms with Gasteiger partial charge in [0.15, 0.2) is 5.96 Å². The molecule has 2 rings (SSSR count). The van der Waals surface area contributed by atoms with Gasteiger partial charge in [0.05, 0.1) is 6.61 Å². The zero-order valence-corrected chi connectivity index (χ0v) is 19.9.